The van der Waals surface area contributed by atoms with Crippen LogP contribution >= 0.6 is 11.6 Å². The van der Waals surface area contributed by atoms with Crippen LogP contribution in [0, 0.1) is 0 Å². The Morgan fingerprint density at radius 2 is 1.85 bits per heavy atom. The fourth-order valence-electron chi connectivity index (χ4n) is 2.10. The number of carbonyl (C=O) groups is 1. The topological polar surface area (TPSA) is 68.9 Å². The molecule has 0 aliphatic carbocycles. The summed E-state index contributed by atoms with van der Waals surface area (Å²) in [6.45, 7) is 7.67. The number of hydrogen-bond acceptors (Lipinski definition) is 4. The lowest BCUT2D eigenvalue weighted by Gasteiger charge is -2.32. The fraction of sp³-hybridized carbons (Fsp3) is 0.615. The lowest BCUT2D eigenvalue weighted by atomic mass is 9.68. The van der Waals surface area contributed by atoms with E-state index in [0.717, 1.165) is 0 Å². The van der Waals surface area contributed by atoms with Crippen LogP contribution < -0.4 is 0 Å². The van der Waals surface area contributed by atoms with Crippen molar-refractivity contribution >= 4 is 24.7 Å². The summed E-state index contributed by atoms with van der Waals surface area (Å²) >= 11 is 5.76. The molecule has 0 radical (unpaired) electrons. The van der Waals surface area contributed by atoms with Gasteiger partial charge in [-0.15, -0.1) is 0 Å². The maximum absolute atomic E-state index is 11.1. The fourth-order valence-corrected chi connectivity index (χ4v) is 2.25. The molecule has 1 aromatic rings. The molecule has 1 N–H and O–H groups in total. The van der Waals surface area contributed by atoms with Crippen molar-refractivity contribution in [2.24, 2.45) is 0 Å². The van der Waals surface area contributed by atoms with Gasteiger partial charge >= 0.3 is 13.1 Å². The van der Waals surface area contributed by atoms with Crippen LogP contribution in [0.2, 0.25) is 5.22 Å². The van der Waals surface area contributed by atoms with Crippen molar-refractivity contribution in [3.8, 4) is 0 Å². The van der Waals surface area contributed by atoms with E-state index in [4.69, 9.17) is 30.4 Å². The van der Waals surface area contributed by atoms with Gasteiger partial charge in [0, 0.05) is 0 Å². The van der Waals surface area contributed by atoms with Crippen molar-refractivity contribution in [1.29, 1.82) is 0 Å². The molecule has 20 heavy (non-hydrogen) atoms. The highest BCUT2D eigenvalue weighted by Crippen LogP contribution is 2.42. The number of carboxylic acids is 1. The van der Waals surface area contributed by atoms with Gasteiger partial charge < -0.3 is 18.8 Å². The number of aliphatic carboxylic acids is 1. The molecule has 1 unspecified atom stereocenters. The molecule has 5 nitrogen and oxygen atoms in total. The standard InChI is InChI=1S/C13H18BClO5/c1-12(2)13(3,4)20-14(19-12)8(7-11(16)17)9-5-6-10(15)18-9/h5-6,8H,7H2,1-4H3,(H,16,17). The van der Waals surface area contributed by atoms with Crippen LogP contribution in [0.5, 0.6) is 0 Å². The largest absolute Gasteiger partial charge is 0.481 e. The first kappa shape index (κ1) is 15.4. The Labute approximate surface area is 123 Å². The molecule has 1 aromatic heterocycles. The third-order valence-electron chi connectivity index (χ3n) is 3.95. The van der Waals surface area contributed by atoms with E-state index in [2.05, 4.69) is 0 Å². The summed E-state index contributed by atoms with van der Waals surface area (Å²) in [5.41, 5.74) is -1.05. The van der Waals surface area contributed by atoms with Gasteiger partial charge in [-0.3, -0.25) is 4.79 Å². The lowest BCUT2D eigenvalue weighted by molar-refractivity contribution is -0.137. The second-order valence-electron chi connectivity index (χ2n) is 5.97. The number of furan rings is 1. The van der Waals surface area contributed by atoms with Crippen LogP contribution in [0.1, 0.15) is 45.7 Å². The van der Waals surface area contributed by atoms with Gasteiger partial charge in [0.25, 0.3) is 0 Å². The van der Waals surface area contributed by atoms with Crippen molar-refractivity contribution in [3.05, 3.63) is 23.1 Å². The predicted molar refractivity (Wildman–Crippen MR) is 74.8 cm³/mol. The second-order valence-corrected chi connectivity index (χ2v) is 6.34. The molecular formula is C13H18BClO5. The summed E-state index contributed by atoms with van der Waals surface area (Å²) in [5.74, 6) is -1.03. The highest BCUT2D eigenvalue weighted by atomic mass is 35.5. The summed E-state index contributed by atoms with van der Waals surface area (Å²) in [5, 5.41) is 9.30. The number of rotatable bonds is 4. The van der Waals surface area contributed by atoms with Crippen molar-refractivity contribution in [1.82, 2.24) is 0 Å². The molecule has 1 fully saturated rings. The zero-order chi connectivity index (χ0) is 15.1. The maximum atomic E-state index is 11.1. The van der Waals surface area contributed by atoms with E-state index in [1.54, 1.807) is 12.1 Å². The number of halogens is 1. The molecule has 1 aliphatic heterocycles. The van der Waals surface area contributed by atoms with E-state index in [1.807, 2.05) is 27.7 Å². The van der Waals surface area contributed by atoms with Crippen molar-refractivity contribution in [2.75, 3.05) is 0 Å². The number of carboxylic acid groups (broad SMARTS) is 1. The van der Waals surface area contributed by atoms with Crippen molar-refractivity contribution < 1.29 is 23.6 Å². The molecule has 0 bridgehead atoms. The smallest absolute Gasteiger partial charge is 0.469 e. The van der Waals surface area contributed by atoms with E-state index in [1.165, 1.54) is 0 Å². The molecule has 1 saturated heterocycles. The van der Waals surface area contributed by atoms with E-state index in [-0.39, 0.29) is 11.6 Å². The Morgan fingerprint density at radius 1 is 1.30 bits per heavy atom. The first-order chi connectivity index (χ1) is 9.12. The summed E-state index contributed by atoms with van der Waals surface area (Å²) in [6.07, 6.45) is -0.152. The Balaban J connectivity index is 2.27. The van der Waals surface area contributed by atoms with Crippen LogP contribution in [-0.4, -0.2) is 29.4 Å². The van der Waals surface area contributed by atoms with Crippen molar-refractivity contribution in [3.63, 3.8) is 0 Å². The van der Waals surface area contributed by atoms with Gasteiger partial charge in [-0.25, -0.2) is 0 Å². The highest BCUT2D eigenvalue weighted by Gasteiger charge is 2.55. The summed E-state index contributed by atoms with van der Waals surface area (Å²) < 4.78 is 17.1. The van der Waals surface area contributed by atoms with E-state index in [9.17, 15) is 4.79 Å². The van der Waals surface area contributed by atoms with Crippen LogP contribution in [-0.2, 0) is 14.1 Å². The maximum Gasteiger partial charge on any atom is 0.469 e. The Morgan fingerprint density at radius 3 is 2.25 bits per heavy atom. The first-order valence-corrected chi connectivity index (χ1v) is 6.83. The molecule has 7 heteroatoms. The minimum atomic E-state index is -0.947. The molecule has 1 aliphatic rings. The Bertz CT molecular complexity index is 495. The summed E-state index contributed by atoms with van der Waals surface area (Å²) in [4.78, 5) is 11.1. The Hall–Kier alpha value is -0.975. The predicted octanol–water partition coefficient (Wildman–Crippen LogP) is 3.12. The van der Waals surface area contributed by atoms with Crippen molar-refractivity contribution in [2.45, 2.75) is 51.1 Å². The van der Waals surface area contributed by atoms with Gasteiger partial charge in [0.05, 0.1) is 23.4 Å². The van der Waals surface area contributed by atoms with Gasteiger partial charge in [-0.05, 0) is 51.4 Å². The van der Waals surface area contributed by atoms with Gasteiger partial charge in [0.15, 0.2) is 5.22 Å². The minimum Gasteiger partial charge on any atom is -0.481 e. The number of hydrogen-bond donors (Lipinski definition) is 1. The Kier molecular flexibility index (Phi) is 3.93. The molecule has 0 amide bonds. The average Bonchev–Trinajstić information content (AvgIpc) is 2.78. The van der Waals surface area contributed by atoms with Crippen LogP contribution in [0.4, 0.5) is 0 Å². The average molecular weight is 301 g/mol. The molecule has 0 spiro atoms. The molecule has 2 rings (SSSR count). The third kappa shape index (κ3) is 2.87. The monoisotopic (exact) mass is 300 g/mol. The van der Waals surface area contributed by atoms with Crippen LogP contribution in [0.3, 0.4) is 0 Å². The van der Waals surface area contributed by atoms with Gasteiger partial charge in [0.1, 0.15) is 5.76 Å². The van der Waals surface area contributed by atoms with Gasteiger partial charge in [0.2, 0.25) is 0 Å². The van der Waals surface area contributed by atoms with Gasteiger partial charge in [-0.2, -0.15) is 0 Å². The lowest BCUT2D eigenvalue weighted by Crippen LogP contribution is -2.41. The molecular weight excluding hydrogens is 282 g/mol. The highest BCUT2D eigenvalue weighted by molar-refractivity contribution is 6.48. The van der Waals surface area contributed by atoms with Crippen LogP contribution in [0.15, 0.2) is 16.5 Å². The SMILES string of the molecule is CC1(C)OB(C(CC(=O)O)c2ccc(Cl)o2)OC1(C)C. The molecule has 1 atom stereocenters. The quantitative estimate of drug-likeness (QED) is 0.865. The second kappa shape index (κ2) is 5.09. The van der Waals surface area contributed by atoms with E-state index < -0.39 is 30.1 Å². The third-order valence-corrected chi connectivity index (χ3v) is 4.16. The zero-order valence-corrected chi connectivity index (χ0v) is 12.7. The van der Waals surface area contributed by atoms with Gasteiger partial charge in [-0.1, -0.05) is 0 Å². The normalized spacial score (nSPS) is 21.9. The molecule has 0 aromatic carbocycles. The van der Waals surface area contributed by atoms with Crippen LogP contribution in [0.25, 0.3) is 0 Å². The molecule has 110 valence electrons. The van der Waals surface area contributed by atoms with E-state index >= 15 is 0 Å². The molecule has 2 heterocycles. The summed E-state index contributed by atoms with van der Waals surface area (Å²) in [7, 11) is -0.682. The molecule has 0 saturated carbocycles. The first-order valence-electron chi connectivity index (χ1n) is 6.45. The summed E-state index contributed by atoms with van der Waals surface area (Å²) in [6, 6.07) is 3.23. The zero-order valence-electron chi connectivity index (χ0n) is 12.0. The van der Waals surface area contributed by atoms with E-state index in [0.29, 0.717) is 5.76 Å². The minimum absolute atomic E-state index is 0.152.